The number of ether oxygens (including phenoxy) is 1. The second-order valence-corrected chi connectivity index (χ2v) is 8.17. The maximum Gasteiger partial charge on any atom is 0.408 e. The Labute approximate surface area is 173 Å². The Kier molecular flexibility index (Phi) is 5.66. The van der Waals surface area contributed by atoms with Crippen molar-refractivity contribution in [3.63, 3.8) is 0 Å². The van der Waals surface area contributed by atoms with E-state index in [1.54, 1.807) is 58.0 Å². The third-order valence-corrected chi connectivity index (χ3v) is 4.58. The molecule has 0 saturated carbocycles. The molecular formula is C22H22ClFN2O3. The van der Waals surface area contributed by atoms with Crippen LogP contribution in [0.3, 0.4) is 0 Å². The molecule has 0 saturated heterocycles. The van der Waals surface area contributed by atoms with Gasteiger partial charge in [0.15, 0.2) is 0 Å². The summed E-state index contributed by atoms with van der Waals surface area (Å²) in [5.74, 6) is -0.479. The molecule has 0 fully saturated rings. The third kappa shape index (κ3) is 4.59. The Hall–Kier alpha value is -2.86. The van der Waals surface area contributed by atoms with Gasteiger partial charge in [0.1, 0.15) is 11.4 Å². The van der Waals surface area contributed by atoms with Gasteiger partial charge in [0.05, 0.1) is 22.1 Å². The zero-order chi connectivity index (χ0) is 21.3. The Morgan fingerprint density at radius 1 is 1.17 bits per heavy atom. The summed E-state index contributed by atoms with van der Waals surface area (Å²) in [6.45, 7) is 7.01. The van der Waals surface area contributed by atoms with Crippen LogP contribution in [0.25, 0.3) is 16.5 Å². The summed E-state index contributed by atoms with van der Waals surface area (Å²) in [5.41, 5.74) is -0.249. The van der Waals surface area contributed by atoms with E-state index in [2.05, 4.69) is 5.32 Å². The Balaban J connectivity index is 2.18. The number of fused-ring (bicyclic) bond motifs is 1. The van der Waals surface area contributed by atoms with Crippen LogP contribution in [0, 0.1) is 5.82 Å². The van der Waals surface area contributed by atoms with Crippen molar-refractivity contribution in [2.75, 3.05) is 0 Å². The second kappa shape index (κ2) is 7.87. The van der Waals surface area contributed by atoms with Crippen LogP contribution in [0.5, 0.6) is 0 Å². The molecular weight excluding hydrogens is 395 g/mol. The molecule has 0 aliphatic heterocycles. The van der Waals surface area contributed by atoms with E-state index < -0.39 is 29.1 Å². The highest BCUT2D eigenvalue weighted by Gasteiger charge is 2.22. The number of hydrogen-bond donors (Lipinski definition) is 1. The minimum atomic E-state index is -0.664. The quantitative estimate of drug-likeness (QED) is 0.624. The van der Waals surface area contributed by atoms with Crippen LogP contribution < -0.4 is 10.9 Å². The lowest BCUT2D eigenvalue weighted by Crippen LogP contribution is -2.36. The molecule has 0 unspecified atom stereocenters. The number of pyridine rings is 1. The topological polar surface area (TPSA) is 60.3 Å². The van der Waals surface area contributed by atoms with Crippen molar-refractivity contribution in [2.24, 2.45) is 0 Å². The van der Waals surface area contributed by atoms with Crippen molar-refractivity contribution in [2.45, 2.75) is 39.3 Å². The number of nitrogens with zero attached hydrogens (tertiary/aromatic N) is 1. The van der Waals surface area contributed by atoms with Crippen LogP contribution >= 0.6 is 11.6 Å². The normalized spacial score (nSPS) is 12.6. The van der Waals surface area contributed by atoms with Crippen molar-refractivity contribution in [3.8, 4) is 5.69 Å². The molecule has 1 amide bonds. The number of benzene rings is 2. The molecule has 0 spiro atoms. The first-order valence-corrected chi connectivity index (χ1v) is 9.54. The molecule has 1 heterocycles. The van der Waals surface area contributed by atoms with Gasteiger partial charge in [0.25, 0.3) is 5.56 Å². The molecule has 0 aliphatic carbocycles. The number of nitrogens with one attached hydrogen (secondary N) is 1. The Bertz CT molecular complexity index is 1140. The van der Waals surface area contributed by atoms with Crippen LogP contribution in [0.2, 0.25) is 5.02 Å². The lowest BCUT2D eigenvalue weighted by atomic mass is 10.1. The first-order chi connectivity index (χ1) is 13.6. The van der Waals surface area contributed by atoms with Gasteiger partial charge < -0.3 is 10.1 Å². The van der Waals surface area contributed by atoms with E-state index in [1.165, 1.54) is 22.8 Å². The fraction of sp³-hybridized carbons (Fsp3) is 0.273. The molecule has 3 aromatic rings. The summed E-state index contributed by atoms with van der Waals surface area (Å²) in [5, 5.41) is 3.99. The molecule has 3 rings (SSSR count). The zero-order valence-electron chi connectivity index (χ0n) is 16.6. The largest absolute Gasteiger partial charge is 0.444 e. The van der Waals surface area contributed by atoms with Crippen LogP contribution in [-0.4, -0.2) is 16.3 Å². The van der Waals surface area contributed by atoms with Crippen molar-refractivity contribution in [1.29, 1.82) is 0 Å². The fourth-order valence-corrected chi connectivity index (χ4v) is 3.36. The Morgan fingerprint density at radius 3 is 2.52 bits per heavy atom. The molecule has 5 nitrogen and oxygen atoms in total. The number of amides is 1. The van der Waals surface area contributed by atoms with Gasteiger partial charge in [-0.2, -0.15) is 0 Å². The second-order valence-electron chi connectivity index (χ2n) is 7.76. The SMILES string of the molecule is C[C@H](NC(=O)OC(C)(C)C)c1cc2cccc(Cl)c2c(=O)n1-c1cccc(F)c1. The fourth-order valence-electron chi connectivity index (χ4n) is 3.10. The monoisotopic (exact) mass is 416 g/mol. The van der Waals surface area contributed by atoms with E-state index in [9.17, 15) is 14.0 Å². The maximum absolute atomic E-state index is 13.9. The van der Waals surface area contributed by atoms with E-state index in [4.69, 9.17) is 16.3 Å². The molecule has 1 atom stereocenters. The number of carbonyl (C=O) groups is 1. The molecule has 7 heteroatoms. The Morgan fingerprint density at radius 2 is 1.86 bits per heavy atom. The summed E-state index contributed by atoms with van der Waals surface area (Å²) < 4.78 is 20.5. The first-order valence-electron chi connectivity index (χ1n) is 9.16. The highest BCUT2D eigenvalue weighted by atomic mass is 35.5. The molecule has 152 valence electrons. The number of carbonyl (C=O) groups excluding carboxylic acids is 1. The number of aromatic nitrogens is 1. The first kappa shape index (κ1) is 20.9. The lowest BCUT2D eigenvalue weighted by Gasteiger charge is -2.24. The van der Waals surface area contributed by atoms with E-state index in [1.807, 2.05) is 0 Å². The van der Waals surface area contributed by atoms with Gasteiger partial charge in [-0.05, 0) is 63.4 Å². The minimum Gasteiger partial charge on any atom is -0.444 e. The van der Waals surface area contributed by atoms with Gasteiger partial charge in [-0.25, -0.2) is 9.18 Å². The average Bonchev–Trinajstić information content (AvgIpc) is 2.59. The smallest absolute Gasteiger partial charge is 0.408 e. The van der Waals surface area contributed by atoms with Crippen molar-refractivity contribution in [3.05, 3.63) is 75.4 Å². The number of hydrogen-bond acceptors (Lipinski definition) is 3. The standard InChI is InChI=1S/C22H22ClFN2O3/c1-13(25-21(28)29-22(2,3)4)18-11-14-7-5-10-17(23)19(14)20(27)26(18)16-9-6-8-15(24)12-16/h5-13H,1-4H3,(H,25,28)/t13-/m0/s1. The maximum atomic E-state index is 13.9. The highest BCUT2D eigenvalue weighted by Crippen LogP contribution is 2.26. The van der Waals surface area contributed by atoms with Crippen LogP contribution in [0.1, 0.15) is 39.4 Å². The molecule has 0 radical (unpaired) electrons. The van der Waals surface area contributed by atoms with Gasteiger partial charge in [0.2, 0.25) is 0 Å². The van der Waals surface area contributed by atoms with Gasteiger partial charge in [-0.15, -0.1) is 0 Å². The van der Waals surface area contributed by atoms with E-state index >= 15 is 0 Å². The minimum absolute atomic E-state index is 0.303. The van der Waals surface area contributed by atoms with Crippen LogP contribution in [0.15, 0.2) is 53.3 Å². The molecule has 0 bridgehead atoms. The summed E-state index contributed by atoms with van der Waals surface area (Å²) in [4.78, 5) is 25.6. The van der Waals surface area contributed by atoms with E-state index in [0.717, 1.165) is 0 Å². The van der Waals surface area contributed by atoms with Crippen molar-refractivity contribution >= 4 is 28.5 Å². The summed E-state index contributed by atoms with van der Waals surface area (Å²) in [7, 11) is 0. The zero-order valence-corrected chi connectivity index (χ0v) is 17.4. The molecule has 29 heavy (non-hydrogen) atoms. The lowest BCUT2D eigenvalue weighted by molar-refractivity contribution is 0.0506. The van der Waals surface area contributed by atoms with Gasteiger partial charge in [0, 0.05) is 5.69 Å². The van der Waals surface area contributed by atoms with Gasteiger partial charge in [-0.3, -0.25) is 9.36 Å². The van der Waals surface area contributed by atoms with Gasteiger partial charge >= 0.3 is 6.09 Å². The van der Waals surface area contributed by atoms with E-state index in [0.29, 0.717) is 27.2 Å². The van der Waals surface area contributed by atoms with Gasteiger partial charge in [-0.1, -0.05) is 29.8 Å². The summed E-state index contributed by atoms with van der Waals surface area (Å²) >= 11 is 6.26. The number of halogens is 2. The molecule has 1 N–H and O–H groups in total. The predicted molar refractivity (Wildman–Crippen MR) is 112 cm³/mol. The molecule has 0 aliphatic rings. The number of rotatable bonds is 3. The molecule has 1 aromatic heterocycles. The van der Waals surface area contributed by atoms with Crippen LogP contribution in [0.4, 0.5) is 9.18 Å². The third-order valence-electron chi connectivity index (χ3n) is 4.27. The van der Waals surface area contributed by atoms with Crippen molar-refractivity contribution in [1.82, 2.24) is 9.88 Å². The van der Waals surface area contributed by atoms with Crippen LogP contribution in [-0.2, 0) is 4.74 Å². The number of alkyl carbamates (subject to hydrolysis) is 1. The highest BCUT2D eigenvalue weighted by molar-refractivity contribution is 6.35. The predicted octanol–water partition coefficient (Wildman–Crippen LogP) is 5.37. The summed E-state index contributed by atoms with van der Waals surface area (Å²) in [6, 6.07) is 12.0. The average molecular weight is 417 g/mol. The van der Waals surface area contributed by atoms with Crippen molar-refractivity contribution < 1.29 is 13.9 Å². The van der Waals surface area contributed by atoms with E-state index in [-0.39, 0.29) is 0 Å². The molecule has 2 aromatic carbocycles. The summed E-state index contributed by atoms with van der Waals surface area (Å²) in [6.07, 6.45) is -0.616.